The number of halogens is 4. The summed E-state index contributed by atoms with van der Waals surface area (Å²) in [5.74, 6) is 0.108. The van der Waals surface area contributed by atoms with Gasteiger partial charge in [0.1, 0.15) is 5.75 Å². The molecule has 0 fully saturated rings. The van der Waals surface area contributed by atoms with E-state index >= 15 is 0 Å². The lowest BCUT2D eigenvalue weighted by Crippen LogP contribution is -2.19. The fraction of sp³-hybridized carbons (Fsp3) is 0.333. The van der Waals surface area contributed by atoms with E-state index in [9.17, 15) is 13.2 Å². The van der Waals surface area contributed by atoms with Crippen molar-refractivity contribution in [3.05, 3.63) is 28.2 Å². The molecule has 84 valence electrons. The molecule has 0 heterocycles. The third-order valence-corrected chi connectivity index (χ3v) is 2.34. The van der Waals surface area contributed by atoms with Crippen LogP contribution < -0.4 is 4.74 Å². The van der Waals surface area contributed by atoms with Crippen LogP contribution in [0.5, 0.6) is 5.75 Å². The van der Waals surface area contributed by atoms with Gasteiger partial charge in [0.2, 0.25) is 0 Å². The van der Waals surface area contributed by atoms with Crippen LogP contribution in [-0.2, 0) is 6.61 Å². The number of ether oxygens (including phenoxy) is 1. The Labute approximate surface area is 92.8 Å². The first kappa shape index (κ1) is 12.3. The van der Waals surface area contributed by atoms with Gasteiger partial charge in [-0.25, -0.2) is 0 Å². The van der Waals surface area contributed by atoms with E-state index in [4.69, 9.17) is 5.11 Å². The molecule has 0 saturated carbocycles. The fourth-order valence-corrected chi connectivity index (χ4v) is 1.39. The van der Waals surface area contributed by atoms with Gasteiger partial charge in [0, 0.05) is 4.47 Å². The molecule has 0 unspecified atom stereocenters. The Bertz CT molecular complexity index is 339. The second kappa shape index (κ2) is 4.85. The van der Waals surface area contributed by atoms with Crippen molar-refractivity contribution in [1.29, 1.82) is 0 Å². The van der Waals surface area contributed by atoms with Gasteiger partial charge in [0.25, 0.3) is 0 Å². The monoisotopic (exact) mass is 284 g/mol. The van der Waals surface area contributed by atoms with Crippen LogP contribution in [0.4, 0.5) is 13.2 Å². The molecule has 15 heavy (non-hydrogen) atoms. The molecule has 0 aliphatic heterocycles. The number of benzene rings is 1. The van der Waals surface area contributed by atoms with Crippen molar-refractivity contribution in [3.63, 3.8) is 0 Å². The molecule has 0 atom stereocenters. The SMILES string of the molecule is OCc1ccc(OCC(F)(F)F)cc1Br. The van der Waals surface area contributed by atoms with Crippen LogP contribution in [0.15, 0.2) is 22.7 Å². The molecular weight excluding hydrogens is 277 g/mol. The van der Waals surface area contributed by atoms with Crippen LogP contribution in [0.2, 0.25) is 0 Å². The molecule has 0 saturated heterocycles. The average molecular weight is 285 g/mol. The van der Waals surface area contributed by atoms with Crippen LogP contribution in [0.1, 0.15) is 5.56 Å². The normalized spacial score (nSPS) is 11.5. The lowest BCUT2D eigenvalue weighted by Gasteiger charge is -2.10. The van der Waals surface area contributed by atoms with Crippen LogP contribution in [0, 0.1) is 0 Å². The van der Waals surface area contributed by atoms with Crippen molar-refractivity contribution in [2.24, 2.45) is 0 Å². The largest absolute Gasteiger partial charge is 0.484 e. The quantitative estimate of drug-likeness (QED) is 0.925. The van der Waals surface area contributed by atoms with Gasteiger partial charge in [-0.1, -0.05) is 22.0 Å². The second-order valence-electron chi connectivity index (χ2n) is 2.82. The zero-order valence-electron chi connectivity index (χ0n) is 7.51. The van der Waals surface area contributed by atoms with Gasteiger partial charge < -0.3 is 9.84 Å². The zero-order valence-corrected chi connectivity index (χ0v) is 9.10. The Morgan fingerprint density at radius 3 is 2.47 bits per heavy atom. The van der Waals surface area contributed by atoms with Crippen LogP contribution in [0.25, 0.3) is 0 Å². The molecular formula is C9H8BrF3O2. The van der Waals surface area contributed by atoms with E-state index < -0.39 is 12.8 Å². The van der Waals surface area contributed by atoms with Crippen LogP contribution in [-0.4, -0.2) is 17.9 Å². The maximum atomic E-state index is 11.8. The van der Waals surface area contributed by atoms with E-state index in [2.05, 4.69) is 20.7 Å². The van der Waals surface area contributed by atoms with E-state index in [-0.39, 0.29) is 12.4 Å². The maximum Gasteiger partial charge on any atom is 0.422 e. The van der Waals surface area contributed by atoms with Gasteiger partial charge in [-0.15, -0.1) is 0 Å². The maximum absolute atomic E-state index is 11.8. The highest BCUT2D eigenvalue weighted by atomic mass is 79.9. The molecule has 1 aromatic rings. The van der Waals surface area contributed by atoms with Gasteiger partial charge >= 0.3 is 6.18 Å². The molecule has 0 spiro atoms. The van der Waals surface area contributed by atoms with Gasteiger partial charge in [0.15, 0.2) is 6.61 Å². The predicted molar refractivity (Wildman–Crippen MR) is 51.6 cm³/mol. The zero-order chi connectivity index (χ0) is 11.5. The molecule has 0 radical (unpaired) electrons. The fourth-order valence-electron chi connectivity index (χ4n) is 0.911. The van der Waals surface area contributed by atoms with Crippen molar-refractivity contribution in [2.75, 3.05) is 6.61 Å². The predicted octanol–water partition coefficient (Wildman–Crippen LogP) is 2.88. The lowest BCUT2D eigenvalue weighted by atomic mass is 10.2. The van der Waals surface area contributed by atoms with Gasteiger partial charge in [-0.05, 0) is 17.7 Å². The summed E-state index contributed by atoms with van der Waals surface area (Å²) in [7, 11) is 0. The molecule has 0 aliphatic carbocycles. The number of hydrogen-bond donors (Lipinski definition) is 1. The summed E-state index contributed by atoms with van der Waals surface area (Å²) in [6.45, 7) is -1.50. The van der Waals surface area contributed by atoms with E-state index in [1.165, 1.54) is 18.2 Å². The molecule has 0 amide bonds. The number of aliphatic hydroxyl groups is 1. The van der Waals surface area contributed by atoms with Crippen molar-refractivity contribution in [1.82, 2.24) is 0 Å². The minimum atomic E-state index is -4.35. The Balaban J connectivity index is 2.68. The summed E-state index contributed by atoms with van der Waals surface area (Å²) in [5.41, 5.74) is 0.592. The van der Waals surface area contributed by atoms with Crippen molar-refractivity contribution < 1.29 is 23.0 Å². The Morgan fingerprint density at radius 2 is 2.00 bits per heavy atom. The number of hydrogen-bond acceptors (Lipinski definition) is 2. The summed E-state index contributed by atoms with van der Waals surface area (Å²) in [5, 5.41) is 8.82. The number of rotatable bonds is 3. The molecule has 0 bridgehead atoms. The van der Waals surface area contributed by atoms with Crippen molar-refractivity contribution >= 4 is 15.9 Å². The van der Waals surface area contributed by atoms with Gasteiger partial charge in [-0.2, -0.15) is 13.2 Å². The van der Waals surface area contributed by atoms with E-state index in [1.54, 1.807) is 0 Å². The third-order valence-electron chi connectivity index (χ3n) is 1.60. The Morgan fingerprint density at radius 1 is 1.33 bits per heavy atom. The molecule has 1 N–H and O–H groups in total. The molecule has 2 nitrogen and oxygen atoms in total. The molecule has 6 heteroatoms. The Kier molecular flexibility index (Phi) is 3.98. The lowest BCUT2D eigenvalue weighted by molar-refractivity contribution is -0.153. The highest BCUT2D eigenvalue weighted by molar-refractivity contribution is 9.10. The van der Waals surface area contributed by atoms with Crippen LogP contribution >= 0.6 is 15.9 Å². The second-order valence-corrected chi connectivity index (χ2v) is 3.67. The highest BCUT2D eigenvalue weighted by Crippen LogP contribution is 2.24. The average Bonchev–Trinajstić information content (AvgIpc) is 2.14. The first-order chi connectivity index (χ1) is 6.92. The number of aliphatic hydroxyl groups excluding tert-OH is 1. The molecule has 1 rings (SSSR count). The van der Waals surface area contributed by atoms with E-state index in [0.29, 0.717) is 10.0 Å². The summed E-state index contributed by atoms with van der Waals surface area (Å²) in [6.07, 6.45) is -4.35. The number of alkyl halides is 3. The minimum Gasteiger partial charge on any atom is -0.484 e. The first-order valence-electron chi connectivity index (χ1n) is 4.01. The summed E-state index contributed by atoms with van der Waals surface area (Å²) >= 11 is 3.11. The first-order valence-corrected chi connectivity index (χ1v) is 4.80. The molecule has 1 aromatic carbocycles. The summed E-state index contributed by atoms with van der Waals surface area (Å²) in [6, 6.07) is 4.26. The Hall–Kier alpha value is -0.750. The third kappa shape index (κ3) is 4.09. The summed E-state index contributed by atoms with van der Waals surface area (Å²) < 4.78 is 40.5. The smallest absolute Gasteiger partial charge is 0.422 e. The standard InChI is InChI=1S/C9H8BrF3O2/c10-8-3-7(2-1-6(8)4-14)15-5-9(11,12)13/h1-3,14H,4-5H2. The topological polar surface area (TPSA) is 29.5 Å². The van der Waals surface area contributed by atoms with Crippen molar-refractivity contribution in [2.45, 2.75) is 12.8 Å². The highest BCUT2D eigenvalue weighted by Gasteiger charge is 2.28. The van der Waals surface area contributed by atoms with Gasteiger partial charge in [0.05, 0.1) is 6.61 Å². The van der Waals surface area contributed by atoms with E-state index in [0.717, 1.165) is 0 Å². The van der Waals surface area contributed by atoms with Crippen molar-refractivity contribution in [3.8, 4) is 5.75 Å². The van der Waals surface area contributed by atoms with E-state index in [1.807, 2.05) is 0 Å². The molecule has 0 aromatic heterocycles. The minimum absolute atomic E-state index is 0.108. The van der Waals surface area contributed by atoms with Crippen LogP contribution in [0.3, 0.4) is 0 Å². The summed E-state index contributed by atoms with van der Waals surface area (Å²) in [4.78, 5) is 0. The molecule has 0 aliphatic rings. The van der Waals surface area contributed by atoms with Gasteiger partial charge in [-0.3, -0.25) is 0 Å².